The number of hydrogen-bond donors (Lipinski definition) is 0. The molecule has 0 aromatic carbocycles. The second-order valence-electron chi connectivity index (χ2n) is 2.74. The maximum Gasteiger partial charge on any atom is 0.136 e. The summed E-state index contributed by atoms with van der Waals surface area (Å²) in [6, 6.07) is 0. The van der Waals surface area contributed by atoms with Gasteiger partial charge in [-0.15, -0.1) is 0 Å². The first-order valence-electron chi connectivity index (χ1n) is 3.87. The predicted octanol–water partition coefficient (Wildman–Crippen LogP) is 1.86. The van der Waals surface area contributed by atoms with Crippen LogP contribution in [0.4, 0.5) is 0 Å². The molecule has 1 aliphatic rings. The number of allylic oxidation sites excluding steroid dienone is 1. The summed E-state index contributed by atoms with van der Waals surface area (Å²) in [5.41, 5.74) is 0. The second-order valence-corrected chi connectivity index (χ2v) is 3.01. The molecule has 0 N–H and O–H groups in total. The summed E-state index contributed by atoms with van der Waals surface area (Å²) in [7, 11) is 2.26. The Labute approximate surface area is 69.3 Å². The van der Waals surface area contributed by atoms with Crippen molar-refractivity contribution >= 4 is 15.2 Å². The van der Waals surface area contributed by atoms with Gasteiger partial charge in [0, 0.05) is 22.3 Å². The van der Waals surface area contributed by atoms with Crippen LogP contribution in [-0.2, 0) is 9.32 Å². The molecular weight excluding hydrogens is 159 g/mol. The minimum atomic E-state index is 0.188. The topological polar surface area (TPSA) is 26.3 Å². The van der Waals surface area contributed by atoms with Crippen LogP contribution in [0.1, 0.15) is 25.7 Å². The number of carbonyl (C=O) groups excluding carboxylic acids is 1. The molecule has 0 saturated heterocycles. The molecule has 2 atom stereocenters. The van der Waals surface area contributed by atoms with Gasteiger partial charge in [0.05, 0.1) is 6.10 Å². The number of rotatable bonds is 1. The van der Waals surface area contributed by atoms with Crippen LogP contribution in [0, 0.1) is 0 Å². The zero-order valence-electron chi connectivity index (χ0n) is 6.45. The van der Waals surface area contributed by atoms with Gasteiger partial charge in [-0.3, -0.25) is 4.79 Å². The van der Waals surface area contributed by atoms with E-state index >= 15 is 0 Å². The van der Waals surface area contributed by atoms with Gasteiger partial charge in [-0.25, -0.2) is 0 Å². The van der Waals surface area contributed by atoms with Crippen LogP contribution in [0.15, 0.2) is 12.2 Å². The van der Waals surface area contributed by atoms with Gasteiger partial charge in [-0.1, -0.05) is 12.2 Å². The maximum absolute atomic E-state index is 10.9. The van der Waals surface area contributed by atoms with Crippen molar-refractivity contribution in [1.29, 1.82) is 0 Å². The third kappa shape index (κ3) is 3.13. The Balaban J connectivity index is 2.45. The van der Waals surface area contributed by atoms with E-state index in [9.17, 15) is 4.79 Å². The zero-order chi connectivity index (χ0) is 8.10. The summed E-state index contributed by atoms with van der Waals surface area (Å²) in [4.78, 5) is 10.9. The van der Waals surface area contributed by atoms with Crippen LogP contribution in [-0.4, -0.2) is 11.9 Å². The third-order valence-corrected chi connectivity index (χ3v) is 2.16. The first-order valence-corrected chi connectivity index (χ1v) is 4.34. The highest BCUT2D eigenvalue weighted by molar-refractivity contribution is 7.09. The molecule has 1 rings (SSSR count). The lowest BCUT2D eigenvalue weighted by Crippen LogP contribution is -2.08. The minimum Gasteiger partial charge on any atom is -0.358 e. The minimum absolute atomic E-state index is 0.188. The lowest BCUT2D eigenvalue weighted by molar-refractivity contribution is -0.118. The Morgan fingerprint density at radius 2 is 2.45 bits per heavy atom. The van der Waals surface area contributed by atoms with E-state index < -0.39 is 0 Å². The van der Waals surface area contributed by atoms with Gasteiger partial charge in [0.1, 0.15) is 5.78 Å². The van der Waals surface area contributed by atoms with Crippen molar-refractivity contribution in [3.8, 4) is 0 Å². The highest BCUT2D eigenvalue weighted by Gasteiger charge is 2.08. The Morgan fingerprint density at radius 1 is 1.64 bits per heavy atom. The van der Waals surface area contributed by atoms with Crippen LogP contribution in [0.3, 0.4) is 0 Å². The van der Waals surface area contributed by atoms with Crippen molar-refractivity contribution < 1.29 is 9.32 Å². The summed E-state index contributed by atoms with van der Waals surface area (Å²) < 4.78 is 5.08. The lowest BCUT2D eigenvalue weighted by Gasteiger charge is -2.11. The molecule has 0 aliphatic heterocycles. The summed E-state index contributed by atoms with van der Waals surface area (Å²) in [5.74, 6) is 0.337. The van der Waals surface area contributed by atoms with Crippen molar-refractivity contribution in [3.63, 3.8) is 0 Å². The van der Waals surface area contributed by atoms with Crippen molar-refractivity contribution in [3.05, 3.63) is 12.2 Å². The van der Waals surface area contributed by atoms with E-state index in [1.54, 1.807) is 0 Å². The van der Waals surface area contributed by atoms with Gasteiger partial charge >= 0.3 is 0 Å². The van der Waals surface area contributed by atoms with Gasteiger partial charge in [-0.2, -0.15) is 0 Å². The fourth-order valence-corrected chi connectivity index (χ4v) is 1.39. The maximum atomic E-state index is 10.9. The molecule has 11 heavy (non-hydrogen) atoms. The van der Waals surface area contributed by atoms with E-state index in [2.05, 4.69) is 9.47 Å². The number of ketones is 1. The van der Waals surface area contributed by atoms with Crippen LogP contribution in [0.5, 0.6) is 0 Å². The monoisotopic (exact) mass is 172 g/mol. The zero-order valence-corrected chi connectivity index (χ0v) is 7.61. The molecule has 0 spiro atoms. The van der Waals surface area contributed by atoms with Crippen LogP contribution < -0.4 is 0 Å². The smallest absolute Gasteiger partial charge is 0.136 e. The normalized spacial score (nSPS) is 29.2. The third-order valence-electron chi connectivity index (χ3n) is 1.82. The molecule has 62 valence electrons. The molecule has 0 fully saturated rings. The standard InChI is InChI=1S/C8H13O2P/c9-7-3-1-5-8(10-11)6-2-4-7/h1,5,8H,2-4,6,11H2/b5-1-. The first-order chi connectivity index (χ1) is 5.33. The van der Waals surface area contributed by atoms with E-state index in [0.717, 1.165) is 12.8 Å². The Bertz CT molecular complexity index is 165. The van der Waals surface area contributed by atoms with Crippen molar-refractivity contribution in [2.24, 2.45) is 0 Å². The molecule has 0 saturated carbocycles. The van der Waals surface area contributed by atoms with Crippen molar-refractivity contribution in [2.45, 2.75) is 31.8 Å². The summed E-state index contributed by atoms with van der Waals surface area (Å²) in [5, 5.41) is 0. The summed E-state index contributed by atoms with van der Waals surface area (Å²) in [6.45, 7) is 0. The molecule has 0 heterocycles. The van der Waals surface area contributed by atoms with Gasteiger partial charge in [0.2, 0.25) is 0 Å². The van der Waals surface area contributed by atoms with Gasteiger partial charge in [0.15, 0.2) is 0 Å². The Kier molecular flexibility index (Phi) is 3.74. The highest BCUT2D eigenvalue weighted by Crippen LogP contribution is 2.13. The summed E-state index contributed by atoms with van der Waals surface area (Å²) >= 11 is 0. The molecule has 1 aliphatic carbocycles. The quantitative estimate of drug-likeness (QED) is 0.445. The Hall–Kier alpha value is -0.200. The molecule has 0 radical (unpaired) electrons. The summed E-state index contributed by atoms with van der Waals surface area (Å²) in [6.07, 6.45) is 7.22. The van der Waals surface area contributed by atoms with Gasteiger partial charge in [0.25, 0.3) is 0 Å². The molecule has 0 aromatic rings. The lowest BCUT2D eigenvalue weighted by atomic mass is 10.0. The SMILES string of the molecule is O=C1C/C=C\C(OP)CCC1. The fraction of sp³-hybridized carbons (Fsp3) is 0.625. The molecular formula is C8H13O2P. The second kappa shape index (κ2) is 4.63. The van der Waals surface area contributed by atoms with E-state index in [1.165, 1.54) is 0 Å². The van der Waals surface area contributed by atoms with E-state index in [4.69, 9.17) is 4.52 Å². The first kappa shape index (κ1) is 8.89. The predicted molar refractivity (Wildman–Crippen MR) is 47.2 cm³/mol. The van der Waals surface area contributed by atoms with E-state index in [0.29, 0.717) is 18.6 Å². The fourth-order valence-electron chi connectivity index (χ4n) is 1.16. The van der Waals surface area contributed by atoms with Crippen molar-refractivity contribution in [2.75, 3.05) is 0 Å². The Morgan fingerprint density at radius 3 is 3.18 bits per heavy atom. The number of Topliss-reactive ketones (excluding diaryl/α,β-unsaturated/α-hetero) is 1. The number of carbonyl (C=O) groups is 1. The van der Waals surface area contributed by atoms with Crippen LogP contribution in [0.25, 0.3) is 0 Å². The van der Waals surface area contributed by atoms with Gasteiger partial charge in [-0.05, 0) is 12.8 Å². The molecule has 0 bridgehead atoms. The average Bonchev–Trinajstić information content (AvgIpc) is 1.96. The van der Waals surface area contributed by atoms with Crippen LogP contribution >= 0.6 is 9.47 Å². The number of hydrogen-bond acceptors (Lipinski definition) is 2. The largest absolute Gasteiger partial charge is 0.358 e. The molecule has 0 amide bonds. The van der Waals surface area contributed by atoms with Gasteiger partial charge < -0.3 is 4.52 Å². The van der Waals surface area contributed by atoms with Crippen molar-refractivity contribution in [1.82, 2.24) is 0 Å². The van der Waals surface area contributed by atoms with E-state index in [1.807, 2.05) is 12.2 Å². The molecule has 0 aromatic heterocycles. The average molecular weight is 172 g/mol. The van der Waals surface area contributed by atoms with E-state index in [-0.39, 0.29) is 6.10 Å². The highest BCUT2D eigenvalue weighted by atomic mass is 31.0. The molecule has 3 heteroatoms. The molecule has 2 nitrogen and oxygen atoms in total. The van der Waals surface area contributed by atoms with Crippen LogP contribution in [0.2, 0.25) is 0 Å². The molecule has 2 unspecified atom stereocenters.